The summed E-state index contributed by atoms with van der Waals surface area (Å²) in [4.78, 5) is 22.5. The predicted molar refractivity (Wildman–Crippen MR) is 102 cm³/mol. The van der Waals surface area contributed by atoms with Crippen molar-refractivity contribution >= 4 is 29.0 Å². The molecule has 9 nitrogen and oxygen atoms in total. The second-order valence-electron chi connectivity index (χ2n) is 5.67. The second-order valence-corrected chi connectivity index (χ2v) is 6.60. The zero-order valence-corrected chi connectivity index (χ0v) is 15.6. The van der Waals surface area contributed by atoms with Crippen LogP contribution in [0.4, 0.5) is 11.4 Å². The van der Waals surface area contributed by atoms with Gasteiger partial charge in [-0.05, 0) is 25.1 Å². The molecule has 0 saturated carbocycles. The van der Waals surface area contributed by atoms with E-state index in [1.807, 2.05) is 31.2 Å². The van der Waals surface area contributed by atoms with Crippen LogP contribution in [-0.2, 0) is 11.4 Å². The van der Waals surface area contributed by atoms with Gasteiger partial charge >= 0.3 is 0 Å². The number of benzene rings is 2. The van der Waals surface area contributed by atoms with Crippen molar-refractivity contribution in [1.29, 1.82) is 0 Å². The first-order chi connectivity index (χ1) is 13.5. The Morgan fingerprint density at radius 1 is 1.21 bits per heavy atom. The molecule has 1 aromatic heterocycles. The highest BCUT2D eigenvalue weighted by Gasteiger charge is 2.16. The number of aromatic nitrogens is 2. The van der Waals surface area contributed by atoms with Crippen LogP contribution in [0.2, 0.25) is 0 Å². The molecule has 28 heavy (non-hydrogen) atoms. The number of nitro groups is 1. The maximum absolute atomic E-state index is 12.0. The summed E-state index contributed by atoms with van der Waals surface area (Å²) in [7, 11) is 0. The number of thioether (sulfide) groups is 1. The molecule has 0 aliphatic rings. The number of nitro benzene ring substituents is 1. The van der Waals surface area contributed by atoms with E-state index in [9.17, 15) is 14.9 Å². The average Bonchev–Trinajstić information content (AvgIpc) is 3.14. The predicted octanol–water partition coefficient (Wildman–Crippen LogP) is 3.60. The number of carbonyl (C=O) groups is 1. The normalized spacial score (nSPS) is 10.5. The molecule has 0 atom stereocenters. The lowest BCUT2D eigenvalue weighted by atomic mass is 10.2. The number of nitrogens with zero attached hydrogens (tertiary/aromatic N) is 3. The Morgan fingerprint density at radius 2 is 1.96 bits per heavy atom. The van der Waals surface area contributed by atoms with Crippen LogP contribution in [0.25, 0.3) is 0 Å². The van der Waals surface area contributed by atoms with Gasteiger partial charge < -0.3 is 14.5 Å². The summed E-state index contributed by atoms with van der Waals surface area (Å²) in [6.07, 6.45) is 0. The van der Waals surface area contributed by atoms with Gasteiger partial charge in [0.15, 0.2) is 6.61 Å². The molecule has 3 aromatic rings. The number of hydrogen-bond acceptors (Lipinski definition) is 8. The van der Waals surface area contributed by atoms with Crippen molar-refractivity contribution in [2.45, 2.75) is 18.8 Å². The van der Waals surface area contributed by atoms with Gasteiger partial charge in [0.05, 0.1) is 10.7 Å². The zero-order chi connectivity index (χ0) is 19.9. The first-order valence-corrected chi connectivity index (χ1v) is 9.18. The van der Waals surface area contributed by atoms with Crippen LogP contribution in [0.15, 0.2) is 58.2 Å². The lowest BCUT2D eigenvalue weighted by molar-refractivity contribution is -0.383. The molecular formula is C18H16N4O5S. The van der Waals surface area contributed by atoms with Gasteiger partial charge in [-0.25, -0.2) is 0 Å². The minimum atomic E-state index is -0.554. The van der Waals surface area contributed by atoms with E-state index in [0.29, 0.717) is 5.75 Å². The Bertz CT molecular complexity index is 974. The molecule has 0 fully saturated rings. The third-order valence-corrected chi connectivity index (χ3v) is 4.35. The Morgan fingerprint density at radius 3 is 2.71 bits per heavy atom. The fraction of sp³-hybridized carbons (Fsp3) is 0.167. The summed E-state index contributed by atoms with van der Waals surface area (Å²) in [6, 6.07) is 13.5. The fourth-order valence-electron chi connectivity index (χ4n) is 2.19. The zero-order valence-electron chi connectivity index (χ0n) is 14.8. The number of nitrogens with one attached hydrogen (secondary N) is 1. The maximum atomic E-state index is 12.0. The standard InChI is InChI=1S/C18H16N4O5S/c1-12-6-8-13(9-7-12)26-10-17-20-21-18(27-17)28-11-16(23)19-14-4-2-3-5-15(14)22(24)25/h2-9H,10-11H2,1H3,(H,19,23). The molecule has 0 unspecified atom stereocenters. The number of carbonyl (C=O) groups excluding carboxylic acids is 1. The summed E-state index contributed by atoms with van der Waals surface area (Å²) < 4.78 is 11.0. The molecule has 1 amide bonds. The number of amides is 1. The molecule has 0 aliphatic carbocycles. The highest BCUT2D eigenvalue weighted by molar-refractivity contribution is 7.99. The molecule has 2 aromatic carbocycles. The summed E-state index contributed by atoms with van der Waals surface area (Å²) in [5.41, 5.74) is 1.09. The van der Waals surface area contributed by atoms with Gasteiger partial charge in [-0.3, -0.25) is 14.9 Å². The number of para-hydroxylation sites is 2. The van der Waals surface area contributed by atoms with E-state index >= 15 is 0 Å². The number of ether oxygens (including phenoxy) is 1. The molecule has 0 aliphatic heterocycles. The third kappa shape index (κ3) is 5.30. The van der Waals surface area contributed by atoms with E-state index < -0.39 is 10.8 Å². The molecule has 0 spiro atoms. The van der Waals surface area contributed by atoms with E-state index in [0.717, 1.165) is 17.3 Å². The smallest absolute Gasteiger partial charge is 0.292 e. The highest BCUT2D eigenvalue weighted by atomic mass is 32.2. The number of aryl methyl sites for hydroxylation is 1. The van der Waals surface area contributed by atoms with E-state index in [-0.39, 0.29) is 34.8 Å². The van der Waals surface area contributed by atoms with E-state index in [1.165, 1.54) is 18.2 Å². The van der Waals surface area contributed by atoms with E-state index in [4.69, 9.17) is 9.15 Å². The van der Waals surface area contributed by atoms with E-state index in [1.54, 1.807) is 6.07 Å². The van der Waals surface area contributed by atoms with E-state index in [2.05, 4.69) is 15.5 Å². The van der Waals surface area contributed by atoms with Gasteiger partial charge in [0.25, 0.3) is 16.8 Å². The number of hydrogen-bond donors (Lipinski definition) is 1. The Hall–Kier alpha value is -3.40. The summed E-state index contributed by atoms with van der Waals surface area (Å²) in [5, 5.41) is 21.4. The van der Waals surface area contributed by atoms with Crippen molar-refractivity contribution in [2.75, 3.05) is 11.1 Å². The van der Waals surface area contributed by atoms with Crippen LogP contribution >= 0.6 is 11.8 Å². The van der Waals surface area contributed by atoms with Crippen molar-refractivity contribution in [3.63, 3.8) is 0 Å². The Labute approximate surface area is 164 Å². The quantitative estimate of drug-likeness (QED) is 0.346. The molecule has 1 N–H and O–H groups in total. The van der Waals surface area contributed by atoms with Crippen LogP contribution in [0, 0.1) is 17.0 Å². The molecule has 0 radical (unpaired) electrons. The number of rotatable bonds is 8. The summed E-state index contributed by atoms with van der Waals surface area (Å²) >= 11 is 1.03. The molecule has 144 valence electrons. The monoisotopic (exact) mass is 400 g/mol. The first-order valence-electron chi connectivity index (χ1n) is 8.19. The van der Waals surface area contributed by atoms with Crippen molar-refractivity contribution in [2.24, 2.45) is 0 Å². The van der Waals surface area contributed by atoms with Crippen molar-refractivity contribution in [3.05, 3.63) is 70.1 Å². The first kappa shape index (κ1) is 19.4. The van der Waals surface area contributed by atoms with Crippen LogP contribution in [0.3, 0.4) is 0 Å². The van der Waals surface area contributed by atoms with Gasteiger partial charge in [0, 0.05) is 6.07 Å². The molecule has 10 heteroatoms. The van der Waals surface area contributed by atoms with Crippen LogP contribution < -0.4 is 10.1 Å². The number of anilines is 1. The Kier molecular flexibility index (Phi) is 6.22. The third-order valence-electron chi connectivity index (χ3n) is 3.53. The molecule has 0 bridgehead atoms. The van der Waals surface area contributed by atoms with Gasteiger partial charge in [-0.1, -0.05) is 41.6 Å². The summed E-state index contributed by atoms with van der Waals surface area (Å²) in [5.74, 6) is 0.505. The highest BCUT2D eigenvalue weighted by Crippen LogP contribution is 2.24. The van der Waals surface area contributed by atoms with Crippen molar-refractivity contribution in [1.82, 2.24) is 10.2 Å². The average molecular weight is 400 g/mol. The van der Waals surface area contributed by atoms with Crippen LogP contribution in [0.5, 0.6) is 5.75 Å². The SMILES string of the molecule is Cc1ccc(OCc2nnc(SCC(=O)Nc3ccccc3[N+](=O)[O-])o2)cc1. The topological polar surface area (TPSA) is 120 Å². The maximum Gasteiger partial charge on any atom is 0.292 e. The molecule has 1 heterocycles. The lowest BCUT2D eigenvalue weighted by Crippen LogP contribution is -2.15. The molecular weight excluding hydrogens is 384 g/mol. The minimum Gasteiger partial charge on any atom is -0.484 e. The van der Waals surface area contributed by atoms with Gasteiger partial charge in [0.2, 0.25) is 5.91 Å². The van der Waals surface area contributed by atoms with Gasteiger partial charge in [-0.15, -0.1) is 10.2 Å². The lowest BCUT2D eigenvalue weighted by Gasteiger charge is -2.04. The minimum absolute atomic E-state index is 0.0352. The summed E-state index contributed by atoms with van der Waals surface area (Å²) in [6.45, 7) is 2.09. The van der Waals surface area contributed by atoms with Crippen LogP contribution in [0.1, 0.15) is 11.5 Å². The van der Waals surface area contributed by atoms with Gasteiger partial charge in [0.1, 0.15) is 11.4 Å². The molecule has 3 rings (SSSR count). The van der Waals surface area contributed by atoms with Gasteiger partial charge in [-0.2, -0.15) is 0 Å². The Balaban J connectivity index is 1.49. The fourth-order valence-corrected chi connectivity index (χ4v) is 2.77. The molecule has 0 saturated heterocycles. The second kappa shape index (κ2) is 9.00. The van der Waals surface area contributed by atoms with Crippen molar-refractivity contribution < 1.29 is 18.9 Å². The largest absolute Gasteiger partial charge is 0.484 e. The van der Waals surface area contributed by atoms with Crippen molar-refractivity contribution in [3.8, 4) is 5.75 Å². The van der Waals surface area contributed by atoms with Crippen LogP contribution in [-0.4, -0.2) is 26.8 Å².